The second-order valence-corrected chi connectivity index (χ2v) is 7.74. The van der Waals surface area contributed by atoms with Gasteiger partial charge in [0.15, 0.2) is 24.7 Å². The van der Waals surface area contributed by atoms with Crippen molar-refractivity contribution < 1.29 is 23.8 Å². The van der Waals surface area contributed by atoms with Crippen molar-refractivity contribution in [1.82, 2.24) is 9.80 Å². The van der Waals surface area contributed by atoms with E-state index in [9.17, 15) is 9.59 Å². The smallest absolute Gasteiger partial charge is 0.260 e. The highest BCUT2D eigenvalue weighted by molar-refractivity contribution is 6.32. The quantitative estimate of drug-likeness (QED) is 0.653. The Morgan fingerprint density at radius 2 is 1.35 bits per heavy atom. The molecule has 2 aromatic carbocycles. The molecule has 0 radical (unpaired) electrons. The predicted molar refractivity (Wildman–Crippen MR) is 118 cm³/mol. The fourth-order valence-electron chi connectivity index (χ4n) is 3.40. The van der Waals surface area contributed by atoms with Crippen LogP contribution >= 0.6 is 11.6 Å². The molecule has 0 atom stereocenters. The molecule has 166 valence electrons. The zero-order valence-corrected chi connectivity index (χ0v) is 18.8. The molecule has 1 aliphatic rings. The van der Waals surface area contributed by atoms with Crippen LogP contribution in [0.5, 0.6) is 17.2 Å². The van der Waals surface area contributed by atoms with Gasteiger partial charge in [0.1, 0.15) is 5.75 Å². The van der Waals surface area contributed by atoms with Crippen LogP contribution in [0.3, 0.4) is 0 Å². The van der Waals surface area contributed by atoms with Crippen LogP contribution in [-0.2, 0) is 9.59 Å². The molecule has 1 aliphatic heterocycles. The molecule has 0 unspecified atom stereocenters. The number of ether oxygens (including phenoxy) is 3. The Balaban J connectivity index is 1.44. The van der Waals surface area contributed by atoms with E-state index in [-0.39, 0.29) is 25.0 Å². The van der Waals surface area contributed by atoms with Gasteiger partial charge in [-0.2, -0.15) is 0 Å². The Morgan fingerprint density at radius 3 is 1.87 bits per heavy atom. The molecular formula is C23H27ClN2O5. The van der Waals surface area contributed by atoms with E-state index in [0.29, 0.717) is 48.5 Å². The van der Waals surface area contributed by atoms with Crippen molar-refractivity contribution in [2.24, 2.45) is 0 Å². The Labute approximate surface area is 187 Å². The second kappa shape index (κ2) is 10.4. The summed E-state index contributed by atoms with van der Waals surface area (Å²) < 4.78 is 16.5. The molecule has 0 saturated carbocycles. The van der Waals surface area contributed by atoms with E-state index in [0.717, 1.165) is 11.1 Å². The lowest BCUT2D eigenvalue weighted by atomic mass is 10.1. The number of carbonyl (C=O) groups excluding carboxylic acids is 2. The third-order valence-electron chi connectivity index (χ3n) is 5.18. The largest absolute Gasteiger partial charge is 0.493 e. The average Bonchev–Trinajstić information content (AvgIpc) is 2.79. The molecule has 2 aromatic rings. The van der Waals surface area contributed by atoms with Gasteiger partial charge in [-0.1, -0.05) is 23.7 Å². The maximum absolute atomic E-state index is 12.5. The first-order chi connectivity index (χ1) is 14.9. The molecule has 8 heteroatoms. The fraction of sp³-hybridized carbons (Fsp3) is 0.391. The Kier molecular flexibility index (Phi) is 7.63. The van der Waals surface area contributed by atoms with Crippen molar-refractivity contribution in [2.45, 2.75) is 13.8 Å². The summed E-state index contributed by atoms with van der Waals surface area (Å²) in [5, 5.41) is 0.703. The first-order valence-corrected chi connectivity index (χ1v) is 10.5. The molecule has 31 heavy (non-hydrogen) atoms. The summed E-state index contributed by atoms with van der Waals surface area (Å²) in [5.74, 6) is 1.49. The molecule has 1 saturated heterocycles. The van der Waals surface area contributed by atoms with E-state index in [1.807, 2.05) is 38.1 Å². The lowest BCUT2D eigenvalue weighted by Gasteiger charge is -2.34. The van der Waals surface area contributed by atoms with E-state index in [1.54, 1.807) is 29.0 Å². The molecule has 7 nitrogen and oxygen atoms in total. The normalized spacial score (nSPS) is 13.7. The zero-order chi connectivity index (χ0) is 22.4. The fourth-order valence-corrected chi connectivity index (χ4v) is 3.51. The molecule has 0 spiro atoms. The lowest BCUT2D eigenvalue weighted by Crippen LogP contribution is -2.52. The summed E-state index contributed by atoms with van der Waals surface area (Å²) in [5.41, 5.74) is 1.82. The number of halogens is 1. The van der Waals surface area contributed by atoms with E-state index in [2.05, 4.69) is 0 Å². The molecule has 0 bridgehead atoms. The summed E-state index contributed by atoms with van der Waals surface area (Å²) in [7, 11) is 1.55. The molecule has 1 fully saturated rings. The van der Waals surface area contributed by atoms with Crippen molar-refractivity contribution in [3.63, 3.8) is 0 Å². The molecule has 1 heterocycles. The van der Waals surface area contributed by atoms with E-state index in [1.165, 1.54) is 0 Å². The maximum atomic E-state index is 12.5. The van der Waals surface area contributed by atoms with E-state index in [4.69, 9.17) is 25.8 Å². The van der Waals surface area contributed by atoms with Crippen molar-refractivity contribution in [3.05, 3.63) is 52.5 Å². The van der Waals surface area contributed by atoms with Gasteiger partial charge in [0.25, 0.3) is 11.8 Å². The van der Waals surface area contributed by atoms with Gasteiger partial charge in [0.05, 0.1) is 7.11 Å². The predicted octanol–water partition coefficient (Wildman–Crippen LogP) is 3.09. The maximum Gasteiger partial charge on any atom is 0.260 e. The number of hydrogen-bond acceptors (Lipinski definition) is 5. The van der Waals surface area contributed by atoms with Crippen molar-refractivity contribution in [2.75, 3.05) is 46.5 Å². The van der Waals surface area contributed by atoms with Crippen LogP contribution in [0.25, 0.3) is 0 Å². The van der Waals surface area contributed by atoms with Gasteiger partial charge in [-0.3, -0.25) is 9.59 Å². The Bertz CT molecular complexity index is 918. The molecule has 0 aliphatic carbocycles. The molecule has 0 N–H and O–H groups in total. The minimum atomic E-state index is -0.124. The second-order valence-electron chi connectivity index (χ2n) is 7.36. The topological polar surface area (TPSA) is 68.3 Å². The van der Waals surface area contributed by atoms with Crippen LogP contribution < -0.4 is 14.2 Å². The van der Waals surface area contributed by atoms with Gasteiger partial charge in [0.2, 0.25) is 0 Å². The average molecular weight is 447 g/mol. The minimum Gasteiger partial charge on any atom is -0.493 e. The molecular weight excluding hydrogens is 420 g/mol. The van der Waals surface area contributed by atoms with Gasteiger partial charge in [-0.05, 0) is 49.2 Å². The van der Waals surface area contributed by atoms with E-state index >= 15 is 0 Å². The van der Waals surface area contributed by atoms with Crippen molar-refractivity contribution in [1.29, 1.82) is 0 Å². The monoisotopic (exact) mass is 446 g/mol. The summed E-state index contributed by atoms with van der Waals surface area (Å²) in [6, 6.07) is 10.8. The number of aryl methyl sites for hydroxylation is 2. The number of methoxy groups -OCH3 is 1. The standard InChI is InChI=1S/C23H27ClN2O5/c1-16-12-18(13-17(2)23(16)24)30-14-21(27)25-8-10-26(11-9-25)22(28)15-31-20-7-5-4-6-19(20)29-3/h4-7,12-13H,8-11,14-15H2,1-3H3. The SMILES string of the molecule is COc1ccccc1OCC(=O)N1CCN(C(=O)COc2cc(C)c(Cl)c(C)c2)CC1. The molecule has 0 aromatic heterocycles. The minimum absolute atomic E-state index is 0.0502. The third kappa shape index (κ3) is 5.82. The van der Waals surface area contributed by atoms with Gasteiger partial charge < -0.3 is 24.0 Å². The van der Waals surface area contributed by atoms with Gasteiger partial charge >= 0.3 is 0 Å². The van der Waals surface area contributed by atoms with Crippen molar-refractivity contribution in [3.8, 4) is 17.2 Å². The van der Waals surface area contributed by atoms with Crippen LogP contribution in [0.15, 0.2) is 36.4 Å². The Hall–Kier alpha value is -2.93. The number of rotatable bonds is 7. The van der Waals surface area contributed by atoms with E-state index < -0.39 is 0 Å². The molecule has 2 amide bonds. The summed E-state index contributed by atoms with van der Waals surface area (Å²) in [6.07, 6.45) is 0. The highest BCUT2D eigenvalue weighted by Gasteiger charge is 2.25. The summed E-state index contributed by atoms with van der Waals surface area (Å²) in [6.45, 7) is 5.51. The molecule has 3 rings (SSSR count). The summed E-state index contributed by atoms with van der Waals surface area (Å²) >= 11 is 6.17. The number of carbonyl (C=O) groups is 2. The van der Waals surface area contributed by atoms with Crippen LogP contribution in [0.1, 0.15) is 11.1 Å². The Morgan fingerprint density at radius 1 is 0.871 bits per heavy atom. The van der Waals surface area contributed by atoms with Crippen molar-refractivity contribution >= 4 is 23.4 Å². The summed E-state index contributed by atoms with van der Waals surface area (Å²) in [4.78, 5) is 28.4. The van der Waals surface area contributed by atoms with Crippen LogP contribution in [-0.4, -0.2) is 68.1 Å². The highest BCUT2D eigenvalue weighted by atomic mass is 35.5. The number of para-hydroxylation sites is 2. The van der Waals surface area contributed by atoms with Gasteiger partial charge in [-0.15, -0.1) is 0 Å². The zero-order valence-electron chi connectivity index (χ0n) is 18.0. The number of benzene rings is 2. The van der Waals surface area contributed by atoms with Crippen LogP contribution in [0.2, 0.25) is 5.02 Å². The number of hydrogen-bond donors (Lipinski definition) is 0. The van der Waals surface area contributed by atoms with Crippen LogP contribution in [0.4, 0.5) is 0 Å². The first kappa shape index (κ1) is 22.7. The number of amides is 2. The van der Waals surface area contributed by atoms with Gasteiger partial charge in [0, 0.05) is 31.2 Å². The number of piperazine rings is 1. The first-order valence-electron chi connectivity index (χ1n) is 10.1. The van der Waals surface area contributed by atoms with Gasteiger partial charge in [-0.25, -0.2) is 0 Å². The number of nitrogens with zero attached hydrogens (tertiary/aromatic N) is 2. The van der Waals surface area contributed by atoms with Crippen LogP contribution in [0, 0.1) is 13.8 Å². The lowest BCUT2D eigenvalue weighted by molar-refractivity contribution is -0.141. The highest BCUT2D eigenvalue weighted by Crippen LogP contribution is 2.26. The third-order valence-corrected chi connectivity index (χ3v) is 5.77.